The quantitative estimate of drug-likeness (QED) is 0.692. The van der Waals surface area contributed by atoms with Crippen molar-refractivity contribution in [2.75, 3.05) is 27.2 Å². The highest BCUT2D eigenvalue weighted by Gasteiger charge is 1.98. The molecule has 0 spiro atoms. The predicted molar refractivity (Wildman–Crippen MR) is 53.2 cm³/mol. The summed E-state index contributed by atoms with van der Waals surface area (Å²) in [4.78, 5) is 12.8. The Hall–Kier alpha value is -0.570. The Balaban J connectivity index is 0. The van der Waals surface area contributed by atoms with Crippen LogP contribution < -0.4 is 5.32 Å². The van der Waals surface area contributed by atoms with Crippen molar-refractivity contribution in [3.05, 3.63) is 0 Å². The Labute approximate surface area is 76.1 Å². The lowest BCUT2D eigenvalue weighted by atomic mass is 10.4. The predicted octanol–water partition coefficient (Wildman–Crippen LogP) is 1.10. The van der Waals surface area contributed by atoms with E-state index in [0.717, 1.165) is 13.1 Å². The smallest absolute Gasteiger partial charge is 0.221 e. The molecule has 0 saturated carbocycles. The first-order chi connectivity index (χ1) is 5.66. The average molecular weight is 174 g/mol. The van der Waals surface area contributed by atoms with Gasteiger partial charge in [0.25, 0.3) is 0 Å². The van der Waals surface area contributed by atoms with E-state index < -0.39 is 0 Å². The van der Waals surface area contributed by atoms with Gasteiger partial charge in [-0.05, 0) is 21.0 Å². The van der Waals surface area contributed by atoms with E-state index in [1.165, 1.54) is 0 Å². The minimum Gasteiger partial charge on any atom is -0.356 e. The van der Waals surface area contributed by atoms with Gasteiger partial charge in [-0.3, -0.25) is 4.79 Å². The fourth-order valence-corrected chi connectivity index (χ4v) is 0.611. The van der Waals surface area contributed by atoms with E-state index in [9.17, 15) is 4.79 Å². The largest absolute Gasteiger partial charge is 0.356 e. The van der Waals surface area contributed by atoms with E-state index >= 15 is 0 Å². The van der Waals surface area contributed by atoms with E-state index in [1.807, 2.05) is 39.8 Å². The monoisotopic (exact) mass is 174 g/mol. The zero-order valence-electron chi connectivity index (χ0n) is 8.98. The second-order valence-electron chi connectivity index (χ2n) is 2.51. The summed E-state index contributed by atoms with van der Waals surface area (Å²) < 4.78 is 0. The second-order valence-corrected chi connectivity index (χ2v) is 2.51. The molecule has 0 aromatic carbocycles. The van der Waals surface area contributed by atoms with Crippen LogP contribution in [0.2, 0.25) is 0 Å². The normalized spacial score (nSPS) is 8.83. The van der Waals surface area contributed by atoms with Crippen molar-refractivity contribution in [1.82, 2.24) is 10.2 Å². The summed E-state index contributed by atoms with van der Waals surface area (Å²) in [7, 11) is 3.92. The lowest BCUT2D eigenvalue weighted by molar-refractivity contribution is -0.121. The van der Waals surface area contributed by atoms with Crippen molar-refractivity contribution in [2.24, 2.45) is 0 Å². The molecule has 0 aromatic heterocycles. The van der Waals surface area contributed by atoms with Crippen LogP contribution in [-0.4, -0.2) is 38.0 Å². The van der Waals surface area contributed by atoms with Gasteiger partial charge in [0.15, 0.2) is 0 Å². The zero-order chi connectivity index (χ0) is 9.98. The Kier molecular flexibility index (Phi) is 12.2. The van der Waals surface area contributed by atoms with Crippen LogP contribution in [0.3, 0.4) is 0 Å². The molecular weight excluding hydrogens is 152 g/mol. The van der Waals surface area contributed by atoms with Gasteiger partial charge in [0.2, 0.25) is 5.91 Å². The van der Waals surface area contributed by atoms with Gasteiger partial charge in [-0.15, -0.1) is 0 Å². The number of hydrogen-bond donors (Lipinski definition) is 1. The third kappa shape index (κ3) is 12.1. The van der Waals surface area contributed by atoms with Gasteiger partial charge in [0.1, 0.15) is 0 Å². The third-order valence-electron chi connectivity index (χ3n) is 1.16. The van der Waals surface area contributed by atoms with Gasteiger partial charge in [-0.1, -0.05) is 13.8 Å². The topological polar surface area (TPSA) is 32.3 Å². The fourth-order valence-electron chi connectivity index (χ4n) is 0.611. The standard InChI is InChI=1S/C7H16N2O.C2H6/c1-4-8-7(10)5-6-9(2)3;1-2/h4-6H2,1-3H3,(H,8,10);1-2H3. The van der Waals surface area contributed by atoms with Gasteiger partial charge in [-0.2, -0.15) is 0 Å². The Morgan fingerprint density at radius 2 is 1.83 bits per heavy atom. The lowest BCUT2D eigenvalue weighted by Crippen LogP contribution is -2.26. The Bertz CT molecular complexity index is 103. The van der Waals surface area contributed by atoms with Crippen LogP contribution in [0.4, 0.5) is 0 Å². The maximum Gasteiger partial charge on any atom is 0.221 e. The number of hydrogen-bond acceptors (Lipinski definition) is 2. The first-order valence-electron chi connectivity index (χ1n) is 4.58. The summed E-state index contributed by atoms with van der Waals surface area (Å²) in [5, 5.41) is 2.74. The molecule has 74 valence electrons. The van der Waals surface area contributed by atoms with Crippen LogP contribution in [-0.2, 0) is 4.79 Å². The van der Waals surface area contributed by atoms with Crippen molar-refractivity contribution in [1.29, 1.82) is 0 Å². The third-order valence-corrected chi connectivity index (χ3v) is 1.16. The highest BCUT2D eigenvalue weighted by atomic mass is 16.1. The van der Waals surface area contributed by atoms with Gasteiger partial charge < -0.3 is 10.2 Å². The number of nitrogens with zero attached hydrogens (tertiary/aromatic N) is 1. The van der Waals surface area contributed by atoms with Crippen LogP contribution in [0.1, 0.15) is 27.2 Å². The SMILES string of the molecule is CC.CCNC(=O)CCN(C)C. The number of amides is 1. The summed E-state index contributed by atoms with van der Waals surface area (Å²) in [6.07, 6.45) is 0.598. The van der Waals surface area contributed by atoms with E-state index in [2.05, 4.69) is 5.32 Å². The van der Waals surface area contributed by atoms with Crippen molar-refractivity contribution >= 4 is 5.91 Å². The van der Waals surface area contributed by atoms with Crippen molar-refractivity contribution in [2.45, 2.75) is 27.2 Å². The molecule has 0 aliphatic heterocycles. The Morgan fingerprint density at radius 1 is 1.33 bits per heavy atom. The molecule has 3 nitrogen and oxygen atoms in total. The van der Waals surface area contributed by atoms with Gasteiger partial charge in [0, 0.05) is 19.5 Å². The molecule has 0 fully saturated rings. The van der Waals surface area contributed by atoms with Crippen LogP contribution in [0, 0.1) is 0 Å². The highest BCUT2D eigenvalue weighted by molar-refractivity contribution is 5.75. The minimum atomic E-state index is 0.135. The molecule has 1 amide bonds. The lowest BCUT2D eigenvalue weighted by Gasteiger charge is -2.07. The summed E-state index contributed by atoms with van der Waals surface area (Å²) in [6.45, 7) is 7.48. The van der Waals surface area contributed by atoms with E-state index in [1.54, 1.807) is 0 Å². The molecule has 0 atom stereocenters. The molecule has 12 heavy (non-hydrogen) atoms. The second kappa shape index (κ2) is 10.4. The summed E-state index contributed by atoms with van der Waals surface area (Å²) in [5.41, 5.74) is 0. The van der Waals surface area contributed by atoms with E-state index in [4.69, 9.17) is 0 Å². The van der Waals surface area contributed by atoms with Crippen molar-refractivity contribution < 1.29 is 4.79 Å². The molecule has 0 saturated heterocycles. The van der Waals surface area contributed by atoms with Gasteiger partial charge in [-0.25, -0.2) is 0 Å². The number of rotatable bonds is 4. The number of nitrogens with one attached hydrogen (secondary N) is 1. The van der Waals surface area contributed by atoms with Crippen LogP contribution in [0.25, 0.3) is 0 Å². The molecule has 0 unspecified atom stereocenters. The van der Waals surface area contributed by atoms with Crippen molar-refractivity contribution in [3.8, 4) is 0 Å². The van der Waals surface area contributed by atoms with Crippen LogP contribution >= 0.6 is 0 Å². The summed E-state index contributed by atoms with van der Waals surface area (Å²) in [6, 6.07) is 0. The summed E-state index contributed by atoms with van der Waals surface area (Å²) >= 11 is 0. The molecule has 3 heteroatoms. The average Bonchev–Trinajstić information content (AvgIpc) is 2.05. The molecule has 0 aliphatic carbocycles. The highest BCUT2D eigenvalue weighted by Crippen LogP contribution is 1.81. The summed E-state index contributed by atoms with van der Waals surface area (Å²) in [5.74, 6) is 0.135. The first-order valence-corrected chi connectivity index (χ1v) is 4.58. The first kappa shape index (κ1) is 14.0. The number of carbonyl (C=O) groups is 1. The molecular formula is C9H22N2O. The maximum absolute atomic E-state index is 10.8. The minimum absolute atomic E-state index is 0.135. The molecule has 0 rings (SSSR count). The molecule has 0 radical (unpaired) electrons. The van der Waals surface area contributed by atoms with Gasteiger partial charge >= 0.3 is 0 Å². The fraction of sp³-hybridized carbons (Fsp3) is 0.889. The Morgan fingerprint density at radius 3 is 2.17 bits per heavy atom. The zero-order valence-corrected chi connectivity index (χ0v) is 8.98. The van der Waals surface area contributed by atoms with Gasteiger partial charge in [0.05, 0.1) is 0 Å². The van der Waals surface area contributed by atoms with E-state index in [-0.39, 0.29) is 5.91 Å². The number of carbonyl (C=O) groups excluding carboxylic acids is 1. The maximum atomic E-state index is 10.8. The molecule has 0 aliphatic rings. The molecule has 1 N–H and O–H groups in total. The van der Waals surface area contributed by atoms with Crippen LogP contribution in [0.5, 0.6) is 0 Å². The molecule has 0 heterocycles. The molecule has 0 bridgehead atoms. The van der Waals surface area contributed by atoms with E-state index in [0.29, 0.717) is 6.42 Å². The molecule has 0 aromatic rings. The van der Waals surface area contributed by atoms with Crippen LogP contribution in [0.15, 0.2) is 0 Å². The van der Waals surface area contributed by atoms with Crippen molar-refractivity contribution in [3.63, 3.8) is 0 Å².